The molecule has 0 saturated carbocycles. The first-order chi connectivity index (χ1) is 9.08. The van der Waals surface area contributed by atoms with E-state index in [1.807, 2.05) is 18.2 Å². The van der Waals surface area contributed by atoms with Crippen LogP contribution in [0.5, 0.6) is 0 Å². The van der Waals surface area contributed by atoms with E-state index in [2.05, 4.69) is 52.7 Å². The van der Waals surface area contributed by atoms with E-state index in [0.29, 0.717) is 0 Å². The molecule has 0 aromatic heterocycles. The lowest BCUT2D eigenvalue weighted by atomic mass is 9.69. The molecule has 0 radical (unpaired) electrons. The molecule has 0 aliphatic heterocycles. The lowest BCUT2D eigenvalue weighted by molar-refractivity contribution is 0.407. The molecule has 0 rings (SSSR count). The summed E-state index contributed by atoms with van der Waals surface area (Å²) in [6.45, 7) is 18.5. The van der Waals surface area contributed by atoms with Crippen LogP contribution in [-0.2, 0) is 0 Å². The molecule has 0 amide bonds. The van der Waals surface area contributed by atoms with Crippen LogP contribution in [0.2, 0.25) is 0 Å². The summed E-state index contributed by atoms with van der Waals surface area (Å²) in [5, 5.41) is 0. The molecule has 0 heterocycles. The number of unbranched alkanes of at least 4 members (excludes halogenated alkanes) is 1. The fourth-order valence-corrected chi connectivity index (χ4v) is 2.72. The van der Waals surface area contributed by atoms with Crippen molar-refractivity contribution in [2.45, 2.75) is 52.9 Å². The Bertz CT molecular complexity index is 354. The van der Waals surface area contributed by atoms with Gasteiger partial charge in [-0.05, 0) is 39.0 Å². The monoisotopic (exact) mass is 258 g/mol. The Morgan fingerprint density at radius 2 is 1.84 bits per heavy atom. The van der Waals surface area contributed by atoms with Gasteiger partial charge in [-0.2, -0.15) is 0 Å². The molecule has 1 unspecified atom stereocenters. The van der Waals surface area contributed by atoms with Crippen LogP contribution < -0.4 is 0 Å². The van der Waals surface area contributed by atoms with E-state index >= 15 is 0 Å². The van der Waals surface area contributed by atoms with Crippen LogP contribution in [0.25, 0.3) is 0 Å². The minimum atomic E-state index is 0.110. The van der Waals surface area contributed by atoms with Crippen LogP contribution >= 0.6 is 0 Å². The number of hydrogen-bond acceptors (Lipinski definition) is 0. The Kier molecular flexibility index (Phi) is 8.95. The van der Waals surface area contributed by atoms with Gasteiger partial charge < -0.3 is 0 Å². The Hall–Kier alpha value is -1.30. The molecule has 0 fully saturated rings. The smallest absolute Gasteiger partial charge is 0.0147 e. The van der Waals surface area contributed by atoms with Crippen molar-refractivity contribution >= 4 is 0 Å². The summed E-state index contributed by atoms with van der Waals surface area (Å²) in [7, 11) is 0. The van der Waals surface area contributed by atoms with E-state index < -0.39 is 0 Å². The lowest BCUT2D eigenvalue weighted by Crippen LogP contribution is -2.23. The van der Waals surface area contributed by atoms with Crippen LogP contribution in [0.3, 0.4) is 0 Å². The van der Waals surface area contributed by atoms with Crippen molar-refractivity contribution in [2.75, 3.05) is 0 Å². The largest absolute Gasteiger partial charge is 0.103 e. The van der Waals surface area contributed by atoms with Crippen molar-refractivity contribution in [3.05, 3.63) is 61.3 Å². The number of hydrogen-bond donors (Lipinski definition) is 0. The minimum absolute atomic E-state index is 0.110. The summed E-state index contributed by atoms with van der Waals surface area (Å²) in [5.41, 5.74) is 2.87. The topological polar surface area (TPSA) is 0 Å². The van der Waals surface area contributed by atoms with E-state index in [-0.39, 0.29) is 5.41 Å². The second kappa shape index (κ2) is 9.61. The Morgan fingerprint density at radius 1 is 1.16 bits per heavy atom. The van der Waals surface area contributed by atoms with Crippen molar-refractivity contribution in [2.24, 2.45) is 5.41 Å². The van der Waals surface area contributed by atoms with Crippen LogP contribution in [-0.4, -0.2) is 0 Å². The van der Waals surface area contributed by atoms with E-state index in [1.54, 1.807) is 0 Å². The normalized spacial score (nSPS) is 15.2. The molecule has 0 aliphatic rings. The van der Waals surface area contributed by atoms with Crippen LogP contribution in [0.4, 0.5) is 0 Å². The van der Waals surface area contributed by atoms with Gasteiger partial charge in [-0.25, -0.2) is 0 Å². The molecule has 0 aliphatic carbocycles. The van der Waals surface area contributed by atoms with E-state index in [9.17, 15) is 0 Å². The van der Waals surface area contributed by atoms with Gasteiger partial charge in [0.1, 0.15) is 0 Å². The summed E-state index contributed by atoms with van der Waals surface area (Å²) >= 11 is 0. The summed E-state index contributed by atoms with van der Waals surface area (Å²) in [6, 6.07) is 0. The zero-order chi connectivity index (χ0) is 14.7. The van der Waals surface area contributed by atoms with Crippen LogP contribution in [0.15, 0.2) is 61.3 Å². The van der Waals surface area contributed by atoms with Crippen LogP contribution in [0, 0.1) is 5.41 Å². The highest BCUT2D eigenvalue weighted by Crippen LogP contribution is 2.43. The second-order valence-corrected chi connectivity index (χ2v) is 5.03. The molecule has 0 aromatic rings. The zero-order valence-electron chi connectivity index (χ0n) is 13.0. The molecule has 0 spiro atoms. The minimum Gasteiger partial charge on any atom is -0.103 e. The van der Waals surface area contributed by atoms with Gasteiger partial charge in [0.05, 0.1) is 0 Å². The molecule has 0 aromatic carbocycles. The predicted molar refractivity (Wildman–Crippen MR) is 89.3 cm³/mol. The maximum atomic E-state index is 4.23. The van der Waals surface area contributed by atoms with E-state index in [0.717, 1.165) is 32.1 Å². The third kappa shape index (κ3) is 5.06. The van der Waals surface area contributed by atoms with Gasteiger partial charge in [0, 0.05) is 5.41 Å². The van der Waals surface area contributed by atoms with Gasteiger partial charge in [-0.1, -0.05) is 68.5 Å². The van der Waals surface area contributed by atoms with Gasteiger partial charge >= 0.3 is 0 Å². The van der Waals surface area contributed by atoms with E-state index in [4.69, 9.17) is 0 Å². The van der Waals surface area contributed by atoms with Gasteiger partial charge in [-0.15, -0.1) is 6.58 Å². The third-order valence-corrected chi connectivity index (χ3v) is 3.91. The molecule has 0 nitrogen and oxygen atoms in total. The summed E-state index contributed by atoms with van der Waals surface area (Å²) in [4.78, 5) is 0. The molecular weight excluding hydrogens is 228 g/mol. The summed E-state index contributed by atoms with van der Waals surface area (Å²) in [6.07, 6.45) is 15.7. The Morgan fingerprint density at radius 3 is 2.26 bits per heavy atom. The van der Waals surface area contributed by atoms with Crippen molar-refractivity contribution in [3.8, 4) is 0 Å². The zero-order valence-corrected chi connectivity index (χ0v) is 13.0. The maximum Gasteiger partial charge on any atom is 0.0147 e. The highest BCUT2D eigenvalue weighted by Gasteiger charge is 2.30. The molecule has 0 bridgehead atoms. The molecule has 0 saturated heterocycles. The number of allylic oxidation sites excluding steroid dienone is 7. The molecule has 0 heteroatoms. The average Bonchev–Trinajstić information content (AvgIpc) is 2.40. The maximum absolute atomic E-state index is 4.23. The van der Waals surface area contributed by atoms with Crippen molar-refractivity contribution in [1.29, 1.82) is 0 Å². The third-order valence-electron chi connectivity index (χ3n) is 3.91. The number of rotatable bonds is 10. The van der Waals surface area contributed by atoms with Crippen molar-refractivity contribution in [3.63, 3.8) is 0 Å². The summed E-state index contributed by atoms with van der Waals surface area (Å²) in [5.74, 6) is 0. The van der Waals surface area contributed by atoms with Gasteiger partial charge in [0.25, 0.3) is 0 Å². The quantitative estimate of drug-likeness (QED) is 0.242. The first kappa shape index (κ1) is 17.7. The van der Waals surface area contributed by atoms with Crippen molar-refractivity contribution in [1.82, 2.24) is 0 Å². The van der Waals surface area contributed by atoms with Crippen LogP contribution in [0.1, 0.15) is 52.9 Å². The standard InChI is InChI=1S/C19H30/c1-7-11-12-13-14-15-18(9-3)19(10-4,16-8-2)17(5)6/h7-8,11-12,15H,1-2,5,9-10,13-14,16H2,3-4,6H3. The fourth-order valence-electron chi connectivity index (χ4n) is 2.72. The summed E-state index contributed by atoms with van der Waals surface area (Å²) < 4.78 is 0. The molecule has 1 atom stereocenters. The SMILES string of the molecule is C=CC=CCCC=C(CC)C(CC)(CC=C)C(=C)C. The Labute approximate surface area is 120 Å². The average molecular weight is 258 g/mol. The fraction of sp³-hybridized carbons (Fsp3) is 0.474. The van der Waals surface area contributed by atoms with Gasteiger partial charge in [0.2, 0.25) is 0 Å². The van der Waals surface area contributed by atoms with Gasteiger partial charge in [0.15, 0.2) is 0 Å². The second-order valence-electron chi connectivity index (χ2n) is 5.03. The van der Waals surface area contributed by atoms with Gasteiger partial charge in [-0.3, -0.25) is 0 Å². The predicted octanol–water partition coefficient (Wildman–Crippen LogP) is 6.39. The molecule has 106 valence electrons. The molecular formula is C19H30. The first-order valence-electron chi connectivity index (χ1n) is 7.33. The highest BCUT2D eigenvalue weighted by atomic mass is 14.3. The van der Waals surface area contributed by atoms with Crippen molar-refractivity contribution < 1.29 is 0 Å². The molecule has 19 heavy (non-hydrogen) atoms. The molecule has 0 N–H and O–H groups in total. The highest BCUT2D eigenvalue weighted by molar-refractivity contribution is 5.28. The lowest BCUT2D eigenvalue weighted by Gasteiger charge is -2.35. The van der Waals surface area contributed by atoms with E-state index in [1.165, 1.54) is 11.1 Å². The Balaban J connectivity index is 5.07. The first-order valence-corrected chi connectivity index (χ1v) is 7.33.